The van der Waals surface area contributed by atoms with E-state index in [4.69, 9.17) is 0 Å². The Kier molecular flexibility index (Phi) is 7.84. The lowest BCUT2D eigenvalue weighted by molar-refractivity contribution is -0.119. The molecule has 1 aliphatic rings. The summed E-state index contributed by atoms with van der Waals surface area (Å²) in [5.74, 6) is -1.16. The summed E-state index contributed by atoms with van der Waals surface area (Å²) >= 11 is 0. The maximum absolute atomic E-state index is 14.4. The Morgan fingerprint density at radius 1 is 1.30 bits per heavy atom. The Hall–Kier alpha value is -3.23. The highest BCUT2D eigenvalue weighted by Gasteiger charge is 2.30. The number of nitrogens with zero attached hydrogens (tertiary/aromatic N) is 4. The second-order valence-electron chi connectivity index (χ2n) is 8.57. The quantitative estimate of drug-likeness (QED) is 0.693. The predicted molar refractivity (Wildman–Crippen MR) is 122 cm³/mol. The molecule has 1 N–H and O–H groups in total. The average Bonchev–Trinajstić information content (AvgIpc) is 3.16. The van der Waals surface area contributed by atoms with Crippen molar-refractivity contribution in [3.63, 3.8) is 0 Å². The molecular weight excluding hydrogens is 425 g/mol. The van der Waals surface area contributed by atoms with E-state index in [1.165, 1.54) is 19.1 Å². The van der Waals surface area contributed by atoms with Crippen LogP contribution < -0.4 is 5.32 Å². The predicted octanol–water partition coefficient (Wildman–Crippen LogP) is 2.75. The van der Waals surface area contributed by atoms with Gasteiger partial charge >= 0.3 is 0 Å². The smallest absolute Gasteiger partial charge is 0.257 e. The van der Waals surface area contributed by atoms with Crippen LogP contribution in [-0.4, -0.2) is 63.5 Å². The highest BCUT2D eigenvalue weighted by molar-refractivity contribution is 5.96. The van der Waals surface area contributed by atoms with Gasteiger partial charge < -0.3 is 15.1 Å². The van der Waals surface area contributed by atoms with Crippen LogP contribution in [0, 0.1) is 12.7 Å². The highest BCUT2D eigenvalue weighted by atomic mass is 19.1. The number of aryl methyl sites for hydroxylation is 2. The number of nitrogens with one attached hydrogen (secondary N) is 1. The van der Waals surface area contributed by atoms with Crippen LogP contribution in [0.25, 0.3) is 0 Å². The van der Waals surface area contributed by atoms with Crippen LogP contribution in [0.3, 0.4) is 0 Å². The number of hydrogen-bond acceptors (Lipinski definition) is 4. The van der Waals surface area contributed by atoms with Crippen molar-refractivity contribution in [2.24, 2.45) is 0 Å². The number of likely N-dealkylation sites (N-methyl/N-ethyl adjacent to an activating group) is 1. The van der Waals surface area contributed by atoms with Crippen LogP contribution in [0.2, 0.25) is 0 Å². The van der Waals surface area contributed by atoms with Gasteiger partial charge in [0.2, 0.25) is 5.91 Å². The van der Waals surface area contributed by atoms with Gasteiger partial charge in [-0.1, -0.05) is 13.0 Å². The molecule has 1 unspecified atom stereocenters. The number of likely N-dealkylation sites (tertiary alicyclic amines) is 1. The Bertz CT molecular complexity index is 1040. The van der Waals surface area contributed by atoms with Gasteiger partial charge in [-0.3, -0.25) is 19.1 Å². The van der Waals surface area contributed by atoms with Crippen molar-refractivity contribution in [3.05, 3.63) is 52.6 Å². The van der Waals surface area contributed by atoms with Crippen LogP contribution in [0.15, 0.2) is 24.4 Å². The summed E-state index contributed by atoms with van der Waals surface area (Å²) in [5, 5.41) is 6.97. The zero-order valence-corrected chi connectivity index (χ0v) is 19.7. The molecule has 33 heavy (non-hydrogen) atoms. The third-order valence-electron chi connectivity index (χ3n) is 6.01. The molecule has 0 bridgehead atoms. The Balaban J connectivity index is 1.68. The molecule has 3 rings (SSSR count). The molecule has 3 amide bonds. The fourth-order valence-corrected chi connectivity index (χ4v) is 4.11. The standard InChI is InChI=1S/C24H32FN5O3/c1-5-10-30-15-21(16(2)27-30)24(33)28(4)20-7-6-11-29(14-20)23(32)18-8-9-19(22(25)12-18)13-26-17(3)31/h8-9,12,15,20H,5-7,10-11,13-14H2,1-4H3,(H,26,31). The van der Waals surface area contributed by atoms with Crippen molar-refractivity contribution in [3.8, 4) is 0 Å². The molecule has 9 heteroatoms. The number of rotatable bonds is 7. The topological polar surface area (TPSA) is 87.5 Å². The van der Waals surface area contributed by atoms with Crippen LogP contribution in [0.1, 0.15) is 65.1 Å². The van der Waals surface area contributed by atoms with E-state index >= 15 is 0 Å². The molecule has 1 fully saturated rings. The van der Waals surface area contributed by atoms with E-state index < -0.39 is 5.82 Å². The fourth-order valence-electron chi connectivity index (χ4n) is 4.11. The normalized spacial score (nSPS) is 15.9. The van der Waals surface area contributed by atoms with Gasteiger partial charge in [-0.05, 0) is 38.3 Å². The Morgan fingerprint density at radius 2 is 2.06 bits per heavy atom. The summed E-state index contributed by atoms with van der Waals surface area (Å²) < 4.78 is 16.2. The van der Waals surface area contributed by atoms with Crippen molar-refractivity contribution in [1.82, 2.24) is 24.9 Å². The third kappa shape index (κ3) is 5.77. The third-order valence-corrected chi connectivity index (χ3v) is 6.01. The number of halogens is 1. The summed E-state index contributed by atoms with van der Waals surface area (Å²) in [5.41, 5.74) is 1.85. The van der Waals surface area contributed by atoms with Gasteiger partial charge in [0.05, 0.1) is 11.3 Å². The number of hydrogen-bond donors (Lipinski definition) is 1. The Morgan fingerprint density at radius 3 is 2.73 bits per heavy atom. The SMILES string of the molecule is CCCn1cc(C(=O)N(C)C2CCCN(C(=O)c3ccc(CNC(C)=O)c(F)c3)C2)c(C)n1. The number of carbonyl (C=O) groups excluding carboxylic acids is 3. The second-order valence-corrected chi connectivity index (χ2v) is 8.57. The first kappa shape index (κ1) is 24.4. The van der Waals surface area contributed by atoms with Gasteiger partial charge in [0, 0.05) is 63.5 Å². The largest absolute Gasteiger partial charge is 0.352 e. The molecule has 2 aromatic rings. The second kappa shape index (κ2) is 10.6. The highest BCUT2D eigenvalue weighted by Crippen LogP contribution is 2.21. The van der Waals surface area contributed by atoms with E-state index in [-0.39, 0.29) is 35.9 Å². The molecule has 8 nitrogen and oxygen atoms in total. The first-order valence-electron chi connectivity index (χ1n) is 11.3. The molecule has 1 atom stereocenters. The van der Waals surface area contributed by atoms with E-state index in [1.54, 1.807) is 33.8 Å². The first-order chi connectivity index (χ1) is 15.7. The van der Waals surface area contributed by atoms with Crippen molar-refractivity contribution in [1.29, 1.82) is 0 Å². The molecule has 0 saturated carbocycles. The maximum Gasteiger partial charge on any atom is 0.257 e. The zero-order chi connectivity index (χ0) is 24.1. The molecule has 1 aliphatic heterocycles. The molecule has 0 radical (unpaired) electrons. The van der Waals surface area contributed by atoms with Gasteiger partial charge in [-0.2, -0.15) is 5.10 Å². The summed E-state index contributed by atoms with van der Waals surface area (Å²) in [4.78, 5) is 40.6. The molecule has 178 valence electrons. The van der Waals surface area contributed by atoms with E-state index in [1.807, 2.05) is 6.92 Å². The lowest BCUT2D eigenvalue weighted by atomic mass is 10.0. The summed E-state index contributed by atoms with van der Waals surface area (Å²) in [6.07, 6.45) is 4.26. The monoisotopic (exact) mass is 457 g/mol. The maximum atomic E-state index is 14.4. The van der Waals surface area contributed by atoms with E-state index in [0.29, 0.717) is 29.9 Å². The van der Waals surface area contributed by atoms with Crippen LogP contribution in [0.5, 0.6) is 0 Å². The van der Waals surface area contributed by atoms with Crippen molar-refractivity contribution in [2.75, 3.05) is 20.1 Å². The zero-order valence-electron chi connectivity index (χ0n) is 19.7. The van der Waals surface area contributed by atoms with Crippen LogP contribution in [0.4, 0.5) is 4.39 Å². The van der Waals surface area contributed by atoms with Gasteiger partial charge in [-0.25, -0.2) is 4.39 Å². The summed E-state index contributed by atoms with van der Waals surface area (Å²) in [7, 11) is 1.76. The van der Waals surface area contributed by atoms with Crippen molar-refractivity contribution >= 4 is 17.7 Å². The van der Waals surface area contributed by atoms with Gasteiger partial charge in [-0.15, -0.1) is 0 Å². The van der Waals surface area contributed by atoms with Gasteiger partial charge in [0.15, 0.2) is 0 Å². The summed E-state index contributed by atoms with van der Waals surface area (Å²) in [6.45, 7) is 7.02. The number of piperidine rings is 1. The first-order valence-corrected chi connectivity index (χ1v) is 11.3. The van der Waals surface area contributed by atoms with Crippen molar-refractivity contribution in [2.45, 2.75) is 59.2 Å². The molecule has 0 aliphatic carbocycles. The minimum Gasteiger partial charge on any atom is -0.352 e. The van der Waals surface area contributed by atoms with Crippen LogP contribution >= 0.6 is 0 Å². The van der Waals surface area contributed by atoms with Gasteiger partial charge in [0.25, 0.3) is 11.8 Å². The van der Waals surface area contributed by atoms with Crippen molar-refractivity contribution < 1.29 is 18.8 Å². The van der Waals surface area contributed by atoms with E-state index in [9.17, 15) is 18.8 Å². The number of benzene rings is 1. The lowest BCUT2D eigenvalue weighted by Crippen LogP contribution is -2.50. The van der Waals surface area contributed by atoms with Crippen LogP contribution in [-0.2, 0) is 17.9 Å². The lowest BCUT2D eigenvalue weighted by Gasteiger charge is -2.37. The number of amides is 3. The Labute approximate surface area is 193 Å². The molecule has 0 spiro atoms. The molecule has 2 heterocycles. The number of carbonyl (C=O) groups is 3. The molecule has 1 saturated heterocycles. The number of aromatic nitrogens is 2. The van der Waals surface area contributed by atoms with Gasteiger partial charge in [0.1, 0.15) is 5.82 Å². The average molecular weight is 458 g/mol. The molecular formula is C24H32FN5O3. The summed E-state index contributed by atoms with van der Waals surface area (Å²) in [6, 6.07) is 4.18. The molecule has 1 aromatic carbocycles. The van der Waals surface area contributed by atoms with E-state index in [2.05, 4.69) is 17.3 Å². The fraction of sp³-hybridized carbons (Fsp3) is 0.500. The van der Waals surface area contributed by atoms with E-state index in [0.717, 1.165) is 25.8 Å². The minimum absolute atomic E-state index is 0.0720. The molecule has 1 aromatic heterocycles. The minimum atomic E-state index is -0.532.